The molecule has 4 atom stereocenters. The number of ether oxygens (including phenoxy) is 1. The molecular formula is C25H25NO5. The average Bonchev–Trinajstić information content (AvgIpc) is 3.40. The van der Waals surface area contributed by atoms with Gasteiger partial charge < -0.3 is 10.1 Å². The molecule has 0 saturated heterocycles. The lowest BCUT2D eigenvalue weighted by molar-refractivity contribution is -0.154. The van der Waals surface area contributed by atoms with Gasteiger partial charge in [0.2, 0.25) is 0 Å². The van der Waals surface area contributed by atoms with Gasteiger partial charge in [-0.15, -0.1) is 0 Å². The summed E-state index contributed by atoms with van der Waals surface area (Å²) in [4.78, 5) is 49.5. The molecule has 2 fully saturated rings. The Morgan fingerprint density at radius 3 is 2.16 bits per heavy atom. The molecule has 1 N–H and O–H groups in total. The van der Waals surface area contributed by atoms with Crippen LogP contribution in [0.2, 0.25) is 0 Å². The van der Waals surface area contributed by atoms with Gasteiger partial charge in [0, 0.05) is 22.7 Å². The number of carbonyl (C=O) groups is 4. The van der Waals surface area contributed by atoms with Crippen LogP contribution in [0.3, 0.4) is 0 Å². The number of Topliss-reactive ketones (excluding diaryl/α,β-unsaturated/α-hetero) is 2. The van der Waals surface area contributed by atoms with Crippen LogP contribution >= 0.6 is 0 Å². The van der Waals surface area contributed by atoms with Crippen molar-refractivity contribution < 1.29 is 23.9 Å². The number of esters is 1. The zero-order valence-electron chi connectivity index (χ0n) is 17.4. The molecular weight excluding hydrogens is 394 g/mol. The van der Waals surface area contributed by atoms with Crippen molar-refractivity contribution in [1.29, 1.82) is 0 Å². The van der Waals surface area contributed by atoms with E-state index in [1.807, 2.05) is 18.2 Å². The summed E-state index contributed by atoms with van der Waals surface area (Å²) in [5.74, 6) is -1.53. The first kappa shape index (κ1) is 21.0. The third kappa shape index (κ3) is 4.43. The van der Waals surface area contributed by atoms with Crippen LogP contribution in [0.15, 0.2) is 54.6 Å². The molecule has 0 unspecified atom stereocenters. The van der Waals surface area contributed by atoms with Gasteiger partial charge in [0.15, 0.2) is 18.2 Å². The molecule has 4 rings (SSSR count). The minimum absolute atomic E-state index is 0.00948. The molecule has 2 aromatic carbocycles. The molecule has 1 amide bonds. The zero-order valence-corrected chi connectivity index (χ0v) is 17.4. The second-order valence-corrected chi connectivity index (χ2v) is 8.40. The number of anilines is 1. The van der Waals surface area contributed by atoms with Crippen LogP contribution in [-0.4, -0.2) is 30.0 Å². The molecule has 6 nitrogen and oxygen atoms in total. The zero-order chi connectivity index (χ0) is 22.0. The number of rotatable bonds is 7. The van der Waals surface area contributed by atoms with E-state index in [0.717, 1.165) is 19.3 Å². The highest BCUT2D eigenvalue weighted by Gasteiger charge is 2.54. The summed E-state index contributed by atoms with van der Waals surface area (Å²) in [6.45, 7) is 1.06. The van der Waals surface area contributed by atoms with E-state index in [1.165, 1.54) is 6.92 Å². The lowest BCUT2D eigenvalue weighted by atomic mass is 9.75. The van der Waals surface area contributed by atoms with Crippen LogP contribution in [0.4, 0.5) is 5.69 Å². The predicted molar refractivity (Wildman–Crippen MR) is 115 cm³/mol. The number of amides is 1. The molecule has 2 aromatic rings. The summed E-state index contributed by atoms with van der Waals surface area (Å²) in [6.07, 6.45) is 2.73. The van der Waals surface area contributed by atoms with Gasteiger partial charge in [-0.3, -0.25) is 19.2 Å². The Balaban J connectivity index is 1.37. The van der Waals surface area contributed by atoms with Crippen molar-refractivity contribution in [1.82, 2.24) is 0 Å². The van der Waals surface area contributed by atoms with Gasteiger partial charge in [-0.05, 0) is 62.3 Å². The number of hydrogen-bond donors (Lipinski definition) is 1. The van der Waals surface area contributed by atoms with Crippen LogP contribution in [0, 0.1) is 23.7 Å². The minimum Gasteiger partial charge on any atom is -0.455 e. The van der Waals surface area contributed by atoms with Crippen molar-refractivity contribution in [2.45, 2.75) is 26.2 Å². The van der Waals surface area contributed by atoms with Gasteiger partial charge in [0.25, 0.3) is 5.91 Å². The monoisotopic (exact) mass is 419 g/mol. The molecule has 0 aromatic heterocycles. The standard InChI is InChI=1S/C25H25NO5/c1-15(27)16-9-11-20(12-10-16)26-21(28)14-31-25(30)23-19-8-7-18(13-19)22(23)24(29)17-5-3-2-4-6-17/h2-6,9-12,18-19,22-23H,7-8,13-14H2,1H3,(H,26,28)/t18-,19-,22+,23-/m1/s1. The summed E-state index contributed by atoms with van der Waals surface area (Å²) in [7, 11) is 0. The normalized spacial score (nSPS) is 23.9. The van der Waals surface area contributed by atoms with Crippen molar-refractivity contribution in [2.24, 2.45) is 23.7 Å². The summed E-state index contributed by atoms with van der Waals surface area (Å²) in [6, 6.07) is 15.6. The molecule has 0 aliphatic heterocycles. The SMILES string of the molecule is CC(=O)c1ccc(NC(=O)COC(=O)[C@@H]2[C@@H]3CC[C@H](C3)[C@@H]2C(=O)c2ccccc2)cc1. The fraction of sp³-hybridized carbons (Fsp3) is 0.360. The number of ketones is 2. The Bertz CT molecular complexity index is 998. The largest absolute Gasteiger partial charge is 0.455 e. The van der Waals surface area contributed by atoms with Gasteiger partial charge >= 0.3 is 5.97 Å². The van der Waals surface area contributed by atoms with Crippen LogP contribution in [0.1, 0.15) is 46.9 Å². The minimum atomic E-state index is -0.492. The molecule has 6 heteroatoms. The fourth-order valence-electron chi connectivity index (χ4n) is 5.02. The first-order valence-corrected chi connectivity index (χ1v) is 10.6. The number of carbonyl (C=O) groups excluding carboxylic acids is 4. The third-order valence-electron chi connectivity index (χ3n) is 6.47. The maximum absolute atomic E-state index is 13.1. The lowest BCUT2D eigenvalue weighted by Gasteiger charge is -2.28. The molecule has 2 bridgehead atoms. The summed E-state index contributed by atoms with van der Waals surface area (Å²) < 4.78 is 5.33. The first-order chi connectivity index (χ1) is 14.9. The third-order valence-corrected chi connectivity index (χ3v) is 6.47. The quantitative estimate of drug-likeness (QED) is 0.543. The Morgan fingerprint density at radius 2 is 1.52 bits per heavy atom. The Hall–Kier alpha value is -3.28. The number of fused-ring (bicyclic) bond motifs is 2. The summed E-state index contributed by atoms with van der Waals surface area (Å²) >= 11 is 0. The van der Waals surface area contributed by atoms with E-state index in [4.69, 9.17) is 4.74 Å². The van der Waals surface area contributed by atoms with E-state index in [9.17, 15) is 19.2 Å². The first-order valence-electron chi connectivity index (χ1n) is 10.6. The summed E-state index contributed by atoms with van der Waals surface area (Å²) in [5, 5.41) is 2.65. The van der Waals surface area contributed by atoms with E-state index in [2.05, 4.69) is 5.32 Å². The van der Waals surface area contributed by atoms with Crippen LogP contribution in [0.25, 0.3) is 0 Å². The van der Waals surface area contributed by atoms with E-state index in [-0.39, 0.29) is 29.3 Å². The van der Waals surface area contributed by atoms with Crippen LogP contribution in [0.5, 0.6) is 0 Å². The van der Waals surface area contributed by atoms with Crippen molar-refractivity contribution in [3.8, 4) is 0 Å². The van der Waals surface area contributed by atoms with Gasteiger partial charge in [-0.25, -0.2) is 0 Å². The summed E-state index contributed by atoms with van der Waals surface area (Å²) in [5.41, 5.74) is 1.68. The van der Waals surface area contributed by atoms with E-state index in [0.29, 0.717) is 16.8 Å². The maximum atomic E-state index is 13.1. The smallest absolute Gasteiger partial charge is 0.310 e. The average molecular weight is 419 g/mol. The molecule has 2 aliphatic carbocycles. The van der Waals surface area contributed by atoms with Crippen LogP contribution < -0.4 is 5.32 Å². The molecule has 160 valence electrons. The molecule has 31 heavy (non-hydrogen) atoms. The Kier molecular flexibility index (Phi) is 5.98. The number of benzene rings is 2. The molecule has 0 spiro atoms. The topological polar surface area (TPSA) is 89.5 Å². The lowest BCUT2D eigenvalue weighted by Crippen LogP contribution is -2.37. The van der Waals surface area contributed by atoms with Gasteiger partial charge in [0.05, 0.1) is 5.92 Å². The second-order valence-electron chi connectivity index (χ2n) is 8.40. The number of nitrogens with one attached hydrogen (secondary N) is 1. The maximum Gasteiger partial charge on any atom is 0.310 e. The van der Waals surface area contributed by atoms with Crippen molar-refractivity contribution in [3.63, 3.8) is 0 Å². The van der Waals surface area contributed by atoms with Gasteiger partial charge in [-0.1, -0.05) is 30.3 Å². The second kappa shape index (κ2) is 8.84. The van der Waals surface area contributed by atoms with Gasteiger partial charge in [0.1, 0.15) is 0 Å². The highest BCUT2D eigenvalue weighted by atomic mass is 16.5. The molecule has 0 heterocycles. The number of hydrogen-bond acceptors (Lipinski definition) is 5. The van der Waals surface area contributed by atoms with Crippen molar-refractivity contribution >= 4 is 29.1 Å². The van der Waals surface area contributed by atoms with Crippen molar-refractivity contribution in [3.05, 3.63) is 65.7 Å². The molecule has 2 saturated carbocycles. The Morgan fingerprint density at radius 1 is 0.871 bits per heavy atom. The van der Waals surface area contributed by atoms with E-state index < -0.39 is 24.4 Å². The van der Waals surface area contributed by atoms with Gasteiger partial charge in [-0.2, -0.15) is 0 Å². The predicted octanol–water partition coefficient (Wildman–Crippen LogP) is 3.92. The highest BCUT2D eigenvalue weighted by Crippen LogP contribution is 2.53. The van der Waals surface area contributed by atoms with Crippen molar-refractivity contribution in [2.75, 3.05) is 11.9 Å². The fourth-order valence-corrected chi connectivity index (χ4v) is 5.02. The highest BCUT2D eigenvalue weighted by molar-refractivity contribution is 6.01. The Labute approximate surface area is 181 Å². The van der Waals surface area contributed by atoms with E-state index in [1.54, 1.807) is 36.4 Å². The molecule has 0 radical (unpaired) electrons. The van der Waals surface area contributed by atoms with Crippen LogP contribution in [-0.2, 0) is 14.3 Å². The van der Waals surface area contributed by atoms with E-state index >= 15 is 0 Å². The molecule has 2 aliphatic rings.